The molecule has 0 radical (unpaired) electrons. The third kappa shape index (κ3) is 6.34. The molecule has 142 valence electrons. The van der Waals surface area contributed by atoms with E-state index >= 15 is 0 Å². The number of aryl methyl sites for hydroxylation is 2. The number of aromatic nitrogens is 2. The van der Waals surface area contributed by atoms with Crippen LogP contribution in [0.3, 0.4) is 0 Å². The lowest BCUT2D eigenvalue weighted by Gasteiger charge is -2.40. The third-order valence-electron chi connectivity index (χ3n) is 5.21. The summed E-state index contributed by atoms with van der Waals surface area (Å²) in [6.45, 7) is 8.78. The van der Waals surface area contributed by atoms with Gasteiger partial charge in [0.05, 0.1) is 0 Å². The normalized spacial score (nSPS) is 16.5. The van der Waals surface area contributed by atoms with Crippen LogP contribution in [0.5, 0.6) is 0 Å². The smallest absolute Gasteiger partial charge is 0.191 e. The van der Waals surface area contributed by atoms with E-state index in [1.54, 1.807) is 7.11 Å². The predicted molar refractivity (Wildman–Crippen MR) is 103 cm³/mol. The SMILES string of the molecule is CCNC(=NCC1(CCOC)CCC1)NCCCCn1ccnc1C. The van der Waals surface area contributed by atoms with Gasteiger partial charge in [-0.25, -0.2) is 4.98 Å². The molecule has 0 aromatic carbocycles. The molecule has 25 heavy (non-hydrogen) atoms. The van der Waals surface area contributed by atoms with Gasteiger partial charge in [-0.1, -0.05) is 6.42 Å². The van der Waals surface area contributed by atoms with Crippen molar-refractivity contribution in [2.45, 2.75) is 58.9 Å². The van der Waals surface area contributed by atoms with Crippen LogP contribution in [0, 0.1) is 12.3 Å². The molecule has 0 aliphatic heterocycles. The predicted octanol–water partition coefficient (Wildman–Crippen LogP) is 2.73. The van der Waals surface area contributed by atoms with Crippen molar-refractivity contribution in [3.05, 3.63) is 18.2 Å². The van der Waals surface area contributed by atoms with E-state index in [0.29, 0.717) is 5.41 Å². The van der Waals surface area contributed by atoms with Crippen molar-refractivity contribution in [1.82, 2.24) is 20.2 Å². The number of hydrogen-bond acceptors (Lipinski definition) is 3. The van der Waals surface area contributed by atoms with Crippen LogP contribution in [0.1, 0.15) is 51.3 Å². The minimum absolute atomic E-state index is 0.372. The zero-order valence-corrected chi connectivity index (χ0v) is 16.2. The largest absolute Gasteiger partial charge is 0.385 e. The first-order chi connectivity index (χ1) is 12.2. The fourth-order valence-corrected chi connectivity index (χ4v) is 3.33. The average Bonchev–Trinajstić information content (AvgIpc) is 2.98. The highest BCUT2D eigenvalue weighted by atomic mass is 16.5. The van der Waals surface area contributed by atoms with E-state index in [4.69, 9.17) is 9.73 Å². The van der Waals surface area contributed by atoms with Crippen molar-refractivity contribution < 1.29 is 4.74 Å². The molecule has 6 heteroatoms. The third-order valence-corrected chi connectivity index (χ3v) is 5.21. The summed E-state index contributed by atoms with van der Waals surface area (Å²) in [6.07, 6.45) is 11.2. The molecule has 1 fully saturated rings. The Labute approximate surface area is 152 Å². The van der Waals surface area contributed by atoms with Gasteiger partial charge in [0.2, 0.25) is 0 Å². The molecule has 6 nitrogen and oxygen atoms in total. The standard InChI is InChI=1S/C19H35N5O/c1-4-20-18(23-16-19(8-7-9-19)10-15-25-3)22-11-5-6-13-24-14-12-21-17(24)2/h12,14H,4-11,13,15-16H2,1-3H3,(H2,20,22,23). The molecule has 1 aliphatic rings. The van der Waals surface area contributed by atoms with Gasteiger partial charge in [-0.05, 0) is 51.4 Å². The topological polar surface area (TPSA) is 63.5 Å². The summed E-state index contributed by atoms with van der Waals surface area (Å²) in [5.41, 5.74) is 0.372. The van der Waals surface area contributed by atoms with Gasteiger partial charge in [0.25, 0.3) is 0 Å². The van der Waals surface area contributed by atoms with Crippen LogP contribution >= 0.6 is 0 Å². The van der Waals surface area contributed by atoms with Crippen LogP contribution in [-0.4, -0.2) is 48.9 Å². The molecule has 2 rings (SSSR count). The number of nitrogens with zero attached hydrogens (tertiary/aromatic N) is 3. The highest BCUT2D eigenvalue weighted by molar-refractivity contribution is 5.79. The molecule has 1 aliphatic carbocycles. The van der Waals surface area contributed by atoms with E-state index in [2.05, 4.69) is 27.1 Å². The molecule has 1 aromatic heterocycles. The monoisotopic (exact) mass is 349 g/mol. The number of unbranched alkanes of at least 4 members (excludes halogenated alkanes) is 1. The molecule has 1 aromatic rings. The van der Waals surface area contributed by atoms with Crippen LogP contribution in [0.2, 0.25) is 0 Å². The number of guanidine groups is 1. The quantitative estimate of drug-likeness (QED) is 0.366. The summed E-state index contributed by atoms with van der Waals surface area (Å²) in [6, 6.07) is 0. The number of nitrogens with one attached hydrogen (secondary N) is 2. The summed E-state index contributed by atoms with van der Waals surface area (Å²) in [7, 11) is 1.78. The van der Waals surface area contributed by atoms with Crippen LogP contribution in [0.15, 0.2) is 17.4 Å². The number of aliphatic imine (C=N–C) groups is 1. The van der Waals surface area contributed by atoms with Gasteiger partial charge in [0, 0.05) is 52.3 Å². The summed E-state index contributed by atoms with van der Waals surface area (Å²) < 4.78 is 7.48. The van der Waals surface area contributed by atoms with Gasteiger partial charge in [-0.2, -0.15) is 0 Å². The van der Waals surface area contributed by atoms with E-state index in [9.17, 15) is 0 Å². The Morgan fingerprint density at radius 2 is 2.20 bits per heavy atom. The van der Waals surface area contributed by atoms with Crippen molar-refractivity contribution in [3.63, 3.8) is 0 Å². The van der Waals surface area contributed by atoms with Crippen molar-refractivity contribution in [3.8, 4) is 0 Å². The van der Waals surface area contributed by atoms with E-state index in [0.717, 1.165) is 63.8 Å². The first-order valence-electron chi connectivity index (χ1n) is 9.68. The summed E-state index contributed by atoms with van der Waals surface area (Å²) in [4.78, 5) is 9.11. The molecular formula is C19H35N5O. The fourth-order valence-electron chi connectivity index (χ4n) is 3.33. The van der Waals surface area contributed by atoms with Gasteiger partial charge in [0.15, 0.2) is 5.96 Å². The molecule has 2 N–H and O–H groups in total. The lowest BCUT2D eigenvalue weighted by molar-refractivity contribution is 0.0778. The number of methoxy groups -OCH3 is 1. The molecule has 0 amide bonds. The maximum Gasteiger partial charge on any atom is 0.191 e. The molecule has 1 saturated carbocycles. The first kappa shape index (κ1) is 19.8. The van der Waals surface area contributed by atoms with Crippen LogP contribution < -0.4 is 10.6 Å². The maximum atomic E-state index is 5.27. The van der Waals surface area contributed by atoms with Crippen LogP contribution in [0.25, 0.3) is 0 Å². The summed E-state index contributed by atoms with van der Waals surface area (Å²) in [5.74, 6) is 2.04. The second kappa shape index (κ2) is 10.4. The van der Waals surface area contributed by atoms with Crippen molar-refractivity contribution in [2.24, 2.45) is 10.4 Å². The van der Waals surface area contributed by atoms with E-state index < -0.39 is 0 Å². The zero-order chi connectivity index (χ0) is 18.0. The Kier molecular flexibility index (Phi) is 8.25. The molecular weight excluding hydrogens is 314 g/mol. The van der Waals surface area contributed by atoms with Gasteiger partial charge in [0.1, 0.15) is 5.82 Å². The van der Waals surface area contributed by atoms with Gasteiger partial charge < -0.3 is 19.9 Å². The zero-order valence-electron chi connectivity index (χ0n) is 16.2. The van der Waals surface area contributed by atoms with Crippen LogP contribution in [-0.2, 0) is 11.3 Å². The lowest BCUT2D eigenvalue weighted by atomic mass is 9.67. The Morgan fingerprint density at radius 3 is 2.80 bits per heavy atom. The Balaban J connectivity index is 1.71. The molecule has 0 bridgehead atoms. The summed E-state index contributed by atoms with van der Waals surface area (Å²) in [5, 5.41) is 6.84. The van der Waals surface area contributed by atoms with Gasteiger partial charge in [-0.15, -0.1) is 0 Å². The van der Waals surface area contributed by atoms with E-state index in [1.807, 2.05) is 19.3 Å². The fraction of sp³-hybridized carbons (Fsp3) is 0.789. The average molecular weight is 350 g/mol. The Bertz CT molecular complexity index is 522. The second-order valence-corrected chi connectivity index (χ2v) is 7.09. The van der Waals surface area contributed by atoms with Gasteiger partial charge in [-0.3, -0.25) is 4.99 Å². The molecule has 0 unspecified atom stereocenters. The molecule has 1 heterocycles. The lowest BCUT2D eigenvalue weighted by Crippen LogP contribution is -2.40. The molecule has 0 spiro atoms. The van der Waals surface area contributed by atoms with Gasteiger partial charge >= 0.3 is 0 Å². The maximum absolute atomic E-state index is 5.27. The number of imidazole rings is 1. The number of rotatable bonds is 11. The van der Waals surface area contributed by atoms with Crippen molar-refractivity contribution in [2.75, 3.05) is 33.4 Å². The van der Waals surface area contributed by atoms with Crippen molar-refractivity contribution in [1.29, 1.82) is 0 Å². The Morgan fingerprint density at radius 1 is 1.36 bits per heavy atom. The molecule has 0 atom stereocenters. The Hall–Kier alpha value is -1.56. The highest BCUT2D eigenvalue weighted by Crippen LogP contribution is 2.44. The number of hydrogen-bond donors (Lipinski definition) is 2. The minimum atomic E-state index is 0.372. The second-order valence-electron chi connectivity index (χ2n) is 7.09. The number of ether oxygens (including phenoxy) is 1. The molecule has 0 saturated heterocycles. The van der Waals surface area contributed by atoms with Crippen LogP contribution in [0.4, 0.5) is 0 Å². The highest BCUT2D eigenvalue weighted by Gasteiger charge is 2.36. The first-order valence-corrected chi connectivity index (χ1v) is 9.68. The van der Waals surface area contributed by atoms with E-state index in [1.165, 1.54) is 19.3 Å². The van der Waals surface area contributed by atoms with E-state index in [-0.39, 0.29) is 0 Å². The minimum Gasteiger partial charge on any atom is -0.385 e. The summed E-state index contributed by atoms with van der Waals surface area (Å²) >= 11 is 0. The van der Waals surface area contributed by atoms with Crippen molar-refractivity contribution >= 4 is 5.96 Å².